The molecule has 0 aliphatic carbocycles. The zero-order valence-electron chi connectivity index (χ0n) is 12.4. The van der Waals surface area contributed by atoms with Gasteiger partial charge in [-0.05, 0) is 31.4 Å². The van der Waals surface area contributed by atoms with Crippen molar-refractivity contribution in [3.63, 3.8) is 0 Å². The molecule has 0 aliphatic rings. The summed E-state index contributed by atoms with van der Waals surface area (Å²) in [6.45, 7) is 2.97. The van der Waals surface area contributed by atoms with Gasteiger partial charge in [-0.1, -0.05) is 18.9 Å². The van der Waals surface area contributed by atoms with Crippen LogP contribution in [0.4, 0.5) is 4.79 Å². The van der Waals surface area contributed by atoms with Crippen LogP contribution in [0.1, 0.15) is 43.4 Å². The summed E-state index contributed by atoms with van der Waals surface area (Å²) in [6, 6.07) is 3.62. The Morgan fingerprint density at radius 2 is 1.95 bits per heavy atom. The van der Waals surface area contributed by atoms with Crippen LogP contribution >= 0.6 is 0 Å². The average molecular weight is 293 g/mol. The van der Waals surface area contributed by atoms with Gasteiger partial charge in [-0.15, -0.1) is 0 Å². The molecule has 0 radical (unpaired) electrons. The minimum absolute atomic E-state index is 0.203. The molecule has 0 aliphatic heterocycles. The first-order valence-corrected chi connectivity index (χ1v) is 7.23. The number of carboxylic acid groups (broad SMARTS) is 1. The standard InChI is InChI=1S/C15H23N3O3/c1-12-7-6-10-16-13(12)11-18-15(21)17-9-5-3-2-4-8-14(19)20/h6-7,10H,2-5,8-9,11H2,1H3,(H,19,20)(H2,17,18,21). The van der Waals surface area contributed by atoms with Crippen LogP contribution in [0.5, 0.6) is 0 Å². The molecule has 0 saturated heterocycles. The SMILES string of the molecule is Cc1cccnc1CNC(=O)NCCCCCCC(=O)O. The molecule has 1 aromatic heterocycles. The number of hydrogen-bond donors (Lipinski definition) is 3. The molecule has 116 valence electrons. The van der Waals surface area contributed by atoms with Crippen molar-refractivity contribution in [1.82, 2.24) is 15.6 Å². The van der Waals surface area contributed by atoms with E-state index in [0.29, 0.717) is 19.5 Å². The summed E-state index contributed by atoms with van der Waals surface area (Å²) in [6.07, 6.45) is 5.28. The van der Waals surface area contributed by atoms with Crippen molar-refractivity contribution in [2.75, 3.05) is 6.54 Å². The number of carboxylic acids is 1. The zero-order chi connectivity index (χ0) is 15.5. The Hall–Kier alpha value is -2.11. The maximum atomic E-state index is 11.6. The number of unbranched alkanes of at least 4 members (excludes halogenated alkanes) is 3. The lowest BCUT2D eigenvalue weighted by Gasteiger charge is -2.08. The maximum Gasteiger partial charge on any atom is 0.315 e. The van der Waals surface area contributed by atoms with Gasteiger partial charge in [0, 0.05) is 19.2 Å². The number of hydrogen-bond acceptors (Lipinski definition) is 3. The Morgan fingerprint density at radius 3 is 2.67 bits per heavy atom. The highest BCUT2D eigenvalue weighted by Gasteiger charge is 2.02. The molecule has 1 rings (SSSR count). The minimum Gasteiger partial charge on any atom is -0.481 e. The maximum absolute atomic E-state index is 11.6. The van der Waals surface area contributed by atoms with E-state index >= 15 is 0 Å². The number of pyridine rings is 1. The summed E-state index contributed by atoms with van der Waals surface area (Å²) in [7, 11) is 0. The molecule has 6 nitrogen and oxygen atoms in total. The molecule has 21 heavy (non-hydrogen) atoms. The fourth-order valence-electron chi connectivity index (χ4n) is 1.89. The summed E-state index contributed by atoms with van der Waals surface area (Å²) in [4.78, 5) is 26.1. The summed E-state index contributed by atoms with van der Waals surface area (Å²) >= 11 is 0. The molecular weight excluding hydrogens is 270 g/mol. The fourth-order valence-corrected chi connectivity index (χ4v) is 1.89. The smallest absolute Gasteiger partial charge is 0.315 e. The van der Waals surface area contributed by atoms with Crippen molar-refractivity contribution >= 4 is 12.0 Å². The predicted molar refractivity (Wildman–Crippen MR) is 79.9 cm³/mol. The van der Waals surface area contributed by atoms with Crippen molar-refractivity contribution < 1.29 is 14.7 Å². The molecular formula is C15H23N3O3. The Labute approximate surface area is 125 Å². The van der Waals surface area contributed by atoms with Crippen molar-refractivity contribution in [2.45, 2.75) is 45.6 Å². The normalized spacial score (nSPS) is 10.1. The van der Waals surface area contributed by atoms with E-state index in [1.54, 1.807) is 6.20 Å². The monoisotopic (exact) mass is 293 g/mol. The highest BCUT2D eigenvalue weighted by atomic mass is 16.4. The Morgan fingerprint density at radius 1 is 1.19 bits per heavy atom. The summed E-state index contributed by atoms with van der Waals surface area (Å²) in [5.74, 6) is -0.752. The first kappa shape index (κ1) is 16.9. The molecule has 0 atom stereocenters. The molecule has 1 heterocycles. The number of carbonyl (C=O) groups is 2. The van der Waals surface area contributed by atoms with Gasteiger partial charge in [0.1, 0.15) is 0 Å². The van der Waals surface area contributed by atoms with Crippen molar-refractivity contribution in [1.29, 1.82) is 0 Å². The van der Waals surface area contributed by atoms with Crippen molar-refractivity contribution in [3.05, 3.63) is 29.6 Å². The fraction of sp³-hybridized carbons (Fsp3) is 0.533. The molecule has 6 heteroatoms. The van der Waals surface area contributed by atoms with E-state index in [9.17, 15) is 9.59 Å². The molecule has 0 spiro atoms. The number of aliphatic carboxylic acids is 1. The van der Waals surface area contributed by atoms with E-state index in [1.807, 2.05) is 19.1 Å². The van der Waals surface area contributed by atoms with Gasteiger partial charge < -0.3 is 15.7 Å². The molecule has 0 aromatic carbocycles. The van der Waals surface area contributed by atoms with Gasteiger partial charge in [0.2, 0.25) is 0 Å². The van der Waals surface area contributed by atoms with Crippen LogP contribution in [0.3, 0.4) is 0 Å². The van der Waals surface area contributed by atoms with Crippen LogP contribution in [0.25, 0.3) is 0 Å². The third-order valence-corrected chi connectivity index (χ3v) is 3.14. The Balaban J connectivity index is 2.04. The number of amides is 2. The lowest BCUT2D eigenvalue weighted by Crippen LogP contribution is -2.35. The second-order valence-corrected chi connectivity index (χ2v) is 4.93. The number of rotatable bonds is 9. The van der Waals surface area contributed by atoms with Crippen LogP contribution in [0.2, 0.25) is 0 Å². The van der Waals surface area contributed by atoms with Gasteiger partial charge in [0.15, 0.2) is 0 Å². The van der Waals surface area contributed by atoms with Gasteiger partial charge in [-0.2, -0.15) is 0 Å². The molecule has 3 N–H and O–H groups in total. The molecule has 2 amide bonds. The van der Waals surface area contributed by atoms with E-state index in [2.05, 4.69) is 15.6 Å². The van der Waals surface area contributed by atoms with E-state index in [0.717, 1.165) is 30.5 Å². The van der Waals surface area contributed by atoms with Crippen molar-refractivity contribution in [3.8, 4) is 0 Å². The predicted octanol–water partition coefficient (Wildman–Crippen LogP) is 2.22. The molecule has 0 fully saturated rings. The number of nitrogens with zero attached hydrogens (tertiary/aromatic N) is 1. The lowest BCUT2D eigenvalue weighted by molar-refractivity contribution is -0.137. The van der Waals surface area contributed by atoms with Crippen LogP contribution in [-0.2, 0) is 11.3 Å². The van der Waals surface area contributed by atoms with Gasteiger partial charge in [-0.3, -0.25) is 9.78 Å². The Kier molecular flexibility index (Phi) is 7.86. The van der Waals surface area contributed by atoms with E-state index in [4.69, 9.17) is 5.11 Å². The van der Waals surface area contributed by atoms with E-state index < -0.39 is 5.97 Å². The van der Waals surface area contributed by atoms with Crippen molar-refractivity contribution in [2.24, 2.45) is 0 Å². The average Bonchev–Trinajstić information content (AvgIpc) is 2.45. The number of urea groups is 1. The molecule has 0 bridgehead atoms. The van der Waals surface area contributed by atoms with Crippen LogP contribution in [0.15, 0.2) is 18.3 Å². The van der Waals surface area contributed by atoms with E-state index in [-0.39, 0.29) is 12.5 Å². The third-order valence-electron chi connectivity index (χ3n) is 3.14. The molecule has 1 aromatic rings. The number of nitrogens with one attached hydrogen (secondary N) is 2. The topological polar surface area (TPSA) is 91.3 Å². The minimum atomic E-state index is -0.752. The number of aryl methyl sites for hydroxylation is 1. The second-order valence-electron chi connectivity index (χ2n) is 4.93. The first-order chi connectivity index (χ1) is 10.1. The van der Waals surface area contributed by atoms with Crippen LogP contribution in [-0.4, -0.2) is 28.6 Å². The molecule has 0 unspecified atom stereocenters. The summed E-state index contributed by atoms with van der Waals surface area (Å²) in [5.41, 5.74) is 1.91. The van der Waals surface area contributed by atoms with Crippen LogP contribution < -0.4 is 10.6 Å². The van der Waals surface area contributed by atoms with Gasteiger partial charge in [-0.25, -0.2) is 4.79 Å². The summed E-state index contributed by atoms with van der Waals surface area (Å²) < 4.78 is 0. The van der Waals surface area contributed by atoms with Crippen LogP contribution in [0, 0.1) is 6.92 Å². The zero-order valence-corrected chi connectivity index (χ0v) is 12.4. The van der Waals surface area contributed by atoms with Gasteiger partial charge in [0.05, 0.1) is 12.2 Å². The highest BCUT2D eigenvalue weighted by Crippen LogP contribution is 2.03. The van der Waals surface area contributed by atoms with Gasteiger partial charge >= 0.3 is 12.0 Å². The quantitative estimate of drug-likeness (QED) is 0.609. The Bertz CT molecular complexity index is 463. The third kappa shape index (κ3) is 7.91. The van der Waals surface area contributed by atoms with E-state index in [1.165, 1.54) is 0 Å². The number of carbonyl (C=O) groups excluding carboxylic acids is 1. The summed E-state index contributed by atoms with van der Waals surface area (Å²) in [5, 5.41) is 14.0. The molecule has 0 saturated carbocycles. The number of aromatic nitrogens is 1. The van der Waals surface area contributed by atoms with Gasteiger partial charge in [0.25, 0.3) is 0 Å². The largest absolute Gasteiger partial charge is 0.481 e. The highest BCUT2D eigenvalue weighted by molar-refractivity contribution is 5.73. The second kappa shape index (κ2) is 9.74. The first-order valence-electron chi connectivity index (χ1n) is 7.23. The lowest BCUT2D eigenvalue weighted by atomic mass is 10.1.